The molecule has 0 bridgehead atoms. The summed E-state index contributed by atoms with van der Waals surface area (Å²) in [7, 11) is 3.91. The average Bonchev–Trinajstić information content (AvgIpc) is 2.90. The monoisotopic (exact) mass is 247 g/mol. The molecule has 0 spiro atoms. The van der Waals surface area contributed by atoms with Gasteiger partial charge < -0.3 is 5.32 Å². The predicted molar refractivity (Wildman–Crippen MR) is 71.3 cm³/mol. The van der Waals surface area contributed by atoms with Crippen molar-refractivity contribution in [1.82, 2.24) is 24.9 Å². The predicted octanol–water partition coefficient (Wildman–Crippen LogP) is 1.55. The molecule has 0 fully saturated rings. The van der Waals surface area contributed by atoms with Gasteiger partial charge in [0, 0.05) is 37.1 Å². The fourth-order valence-corrected chi connectivity index (χ4v) is 2.08. The van der Waals surface area contributed by atoms with Crippen LogP contribution < -0.4 is 5.32 Å². The SMILES string of the molecule is CCCNC(c1cnn(C)c1)c1cnn(C)c1C. The molecule has 0 saturated heterocycles. The van der Waals surface area contributed by atoms with E-state index < -0.39 is 0 Å². The minimum Gasteiger partial charge on any atom is -0.306 e. The Kier molecular flexibility index (Phi) is 3.81. The second-order valence-corrected chi connectivity index (χ2v) is 4.64. The number of hydrogen-bond acceptors (Lipinski definition) is 3. The molecule has 5 nitrogen and oxygen atoms in total. The van der Waals surface area contributed by atoms with Crippen LogP contribution in [0.3, 0.4) is 0 Å². The lowest BCUT2D eigenvalue weighted by Gasteiger charge is -2.17. The van der Waals surface area contributed by atoms with E-state index in [-0.39, 0.29) is 6.04 Å². The Hall–Kier alpha value is -1.62. The summed E-state index contributed by atoms with van der Waals surface area (Å²) in [5, 5.41) is 12.1. The van der Waals surface area contributed by atoms with Gasteiger partial charge in [-0.1, -0.05) is 6.92 Å². The zero-order valence-electron chi connectivity index (χ0n) is 11.5. The lowest BCUT2D eigenvalue weighted by atomic mass is 10.0. The van der Waals surface area contributed by atoms with E-state index in [0.29, 0.717) is 0 Å². The molecular weight excluding hydrogens is 226 g/mol. The molecule has 0 amide bonds. The van der Waals surface area contributed by atoms with Gasteiger partial charge in [0.05, 0.1) is 18.4 Å². The minimum absolute atomic E-state index is 0.173. The van der Waals surface area contributed by atoms with E-state index in [4.69, 9.17) is 0 Å². The van der Waals surface area contributed by atoms with Crippen molar-refractivity contribution in [3.05, 3.63) is 35.4 Å². The Morgan fingerprint density at radius 3 is 2.56 bits per heavy atom. The standard InChI is InChI=1S/C13H21N5/c1-5-6-14-13(11-7-15-17(3)9-11)12-8-16-18(4)10(12)2/h7-9,13-14H,5-6H2,1-4H3. The molecule has 1 atom stereocenters. The van der Waals surface area contributed by atoms with Gasteiger partial charge in [-0.15, -0.1) is 0 Å². The van der Waals surface area contributed by atoms with Crippen LogP contribution in [0, 0.1) is 6.92 Å². The van der Waals surface area contributed by atoms with Crippen LogP contribution in [-0.4, -0.2) is 26.1 Å². The first-order chi connectivity index (χ1) is 8.63. The molecule has 2 aromatic heterocycles. The quantitative estimate of drug-likeness (QED) is 0.872. The van der Waals surface area contributed by atoms with Crippen molar-refractivity contribution in [1.29, 1.82) is 0 Å². The molecule has 0 aliphatic heterocycles. The summed E-state index contributed by atoms with van der Waals surface area (Å²) in [6, 6.07) is 0.173. The highest BCUT2D eigenvalue weighted by Gasteiger charge is 2.19. The Labute approximate surface area is 108 Å². The number of nitrogens with zero attached hydrogens (tertiary/aromatic N) is 4. The van der Waals surface area contributed by atoms with E-state index in [1.807, 2.05) is 35.9 Å². The molecule has 0 radical (unpaired) electrons. The second-order valence-electron chi connectivity index (χ2n) is 4.64. The van der Waals surface area contributed by atoms with Gasteiger partial charge in [0.25, 0.3) is 0 Å². The normalized spacial score (nSPS) is 12.9. The first kappa shape index (κ1) is 12.8. The van der Waals surface area contributed by atoms with E-state index in [9.17, 15) is 0 Å². The highest BCUT2D eigenvalue weighted by molar-refractivity contribution is 5.30. The first-order valence-electron chi connectivity index (χ1n) is 6.34. The van der Waals surface area contributed by atoms with Crippen LogP contribution in [0.4, 0.5) is 0 Å². The molecule has 0 aliphatic rings. The summed E-state index contributed by atoms with van der Waals surface area (Å²) in [4.78, 5) is 0. The van der Waals surface area contributed by atoms with Crippen LogP contribution >= 0.6 is 0 Å². The van der Waals surface area contributed by atoms with Crippen molar-refractivity contribution in [3.63, 3.8) is 0 Å². The highest BCUT2D eigenvalue weighted by Crippen LogP contribution is 2.23. The van der Waals surface area contributed by atoms with E-state index >= 15 is 0 Å². The average molecular weight is 247 g/mol. The fourth-order valence-electron chi connectivity index (χ4n) is 2.08. The number of aromatic nitrogens is 4. The summed E-state index contributed by atoms with van der Waals surface area (Å²) < 4.78 is 3.74. The maximum atomic E-state index is 4.33. The summed E-state index contributed by atoms with van der Waals surface area (Å²) in [6.07, 6.45) is 7.02. The molecule has 2 rings (SSSR count). The maximum Gasteiger partial charge on any atom is 0.0641 e. The van der Waals surface area contributed by atoms with Gasteiger partial charge in [-0.05, 0) is 19.9 Å². The summed E-state index contributed by atoms with van der Waals surface area (Å²) in [5.41, 5.74) is 3.59. The van der Waals surface area contributed by atoms with Crippen LogP contribution in [0.2, 0.25) is 0 Å². The van der Waals surface area contributed by atoms with Crippen LogP contribution in [0.25, 0.3) is 0 Å². The van der Waals surface area contributed by atoms with Gasteiger partial charge in [-0.2, -0.15) is 10.2 Å². The van der Waals surface area contributed by atoms with Gasteiger partial charge in [0.15, 0.2) is 0 Å². The minimum atomic E-state index is 0.173. The largest absolute Gasteiger partial charge is 0.306 e. The second kappa shape index (κ2) is 5.35. The maximum absolute atomic E-state index is 4.33. The molecule has 5 heteroatoms. The van der Waals surface area contributed by atoms with Crippen LogP contribution in [0.15, 0.2) is 18.6 Å². The fraction of sp³-hybridized carbons (Fsp3) is 0.538. The molecule has 1 N–H and O–H groups in total. The highest BCUT2D eigenvalue weighted by atomic mass is 15.3. The summed E-state index contributed by atoms with van der Waals surface area (Å²) in [5.74, 6) is 0. The number of aryl methyl sites for hydroxylation is 2. The third-order valence-corrected chi connectivity index (χ3v) is 3.24. The van der Waals surface area contributed by atoms with Crippen LogP contribution in [0.1, 0.15) is 36.2 Å². The molecule has 18 heavy (non-hydrogen) atoms. The topological polar surface area (TPSA) is 47.7 Å². The number of rotatable bonds is 5. The van der Waals surface area contributed by atoms with Crippen molar-refractivity contribution < 1.29 is 0 Å². The smallest absolute Gasteiger partial charge is 0.0641 e. The number of hydrogen-bond donors (Lipinski definition) is 1. The Morgan fingerprint density at radius 1 is 1.28 bits per heavy atom. The molecule has 2 aromatic rings. The van der Waals surface area contributed by atoms with Crippen molar-refractivity contribution >= 4 is 0 Å². The van der Waals surface area contributed by atoms with E-state index in [0.717, 1.165) is 13.0 Å². The first-order valence-corrected chi connectivity index (χ1v) is 6.34. The molecule has 0 saturated carbocycles. The van der Waals surface area contributed by atoms with E-state index in [1.54, 1.807) is 0 Å². The van der Waals surface area contributed by atoms with E-state index in [2.05, 4.69) is 35.6 Å². The van der Waals surface area contributed by atoms with Gasteiger partial charge in [-0.25, -0.2) is 0 Å². The molecule has 0 aliphatic carbocycles. The third kappa shape index (κ3) is 2.46. The van der Waals surface area contributed by atoms with Crippen LogP contribution in [0.5, 0.6) is 0 Å². The Bertz CT molecular complexity index is 511. The number of nitrogens with one attached hydrogen (secondary N) is 1. The van der Waals surface area contributed by atoms with Gasteiger partial charge >= 0.3 is 0 Å². The summed E-state index contributed by atoms with van der Waals surface area (Å²) in [6.45, 7) is 5.25. The Balaban J connectivity index is 2.33. The zero-order chi connectivity index (χ0) is 13.1. The van der Waals surface area contributed by atoms with Gasteiger partial charge in [0.1, 0.15) is 0 Å². The van der Waals surface area contributed by atoms with E-state index in [1.165, 1.54) is 16.8 Å². The van der Waals surface area contributed by atoms with Gasteiger partial charge in [-0.3, -0.25) is 9.36 Å². The van der Waals surface area contributed by atoms with Crippen molar-refractivity contribution in [2.75, 3.05) is 6.54 Å². The lowest BCUT2D eigenvalue weighted by Crippen LogP contribution is -2.23. The molecule has 2 heterocycles. The lowest BCUT2D eigenvalue weighted by molar-refractivity contribution is 0.594. The zero-order valence-corrected chi connectivity index (χ0v) is 11.5. The Morgan fingerprint density at radius 2 is 2.06 bits per heavy atom. The molecule has 0 aromatic carbocycles. The van der Waals surface area contributed by atoms with Crippen molar-refractivity contribution in [2.24, 2.45) is 14.1 Å². The van der Waals surface area contributed by atoms with Crippen molar-refractivity contribution in [3.8, 4) is 0 Å². The molecule has 1 unspecified atom stereocenters. The molecular formula is C13H21N5. The van der Waals surface area contributed by atoms with Crippen LogP contribution in [-0.2, 0) is 14.1 Å². The third-order valence-electron chi connectivity index (χ3n) is 3.24. The van der Waals surface area contributed by atoms with Crippen molar-refractivity contribution in [2.45, 2.75) is 26.3 Å². The molecule has 98 valence electrons. The van der Waals surface area contributed by atoms with Gasteiger partial charge in [0.2, 0.25) is 0 Å². The summed E-state index contributed by atoms with van der Waals surface area (Å²) >= 11 is 0.